The molecular weight excluding hydrogens is 481 g/mol. The highest BCUT2D eigenvalue weighted by molar-refractivity contribution is 14.0. The van der Waals surface area contributed by atoms with Gasteiger partial charge in [0.05, 0.1) is 13.1 Å². The first-order valence-electron chi connectivity index (χ1n) is 9.48. The normalized spacial score (nSPS) is 15.0. The number of nitrogens with zero attached hydrogens (tertiary/aromatic N) is 3. The summed E-state index contributed by atoms with van der Waals surface area (Å²) in [7, 11) is 3.49. The van der Waals surface area contributed by atoms with Crippen LogP contribution in [0, 0.1) is 0 Å². The molecule has 7 nitrogen and oxygen atoms in total. The molecule has 1 amide bonds. The Balaban J connectivity index is 0.00000300. The van der Waals surface area contributed by atoms with Gasteiger partial charge in [0, 0.05) is 45.4 Å². The van der Waals surface area contributed by atoms with E-state index >= 15 is 0 Å². The van der Waals surface area contributed by atoms with Gasteiger partial charge in [-0.15, -0.1) is 24.0 Å². The van der Waals surface area contributed by atoms with Crippen LogP contribution in [0.5, 0.6) is 5.75 Å². The van der Waals surface area contributed by atoms with E-state index in [1.165, 1.54) is 5.56 Å². The van der Waals surface area contributed by atoms with Crippen molar-refractivity contribution in [1.29, 1.82) is 0 Å². The Kier molecular flexibility index (Phi) is 9.17. The fourth-order valence-corrected chi connectivity index (χ4v) is 3.05. The number of halogens is 1. The molecule has 0 fully saturated rings. The molecule has 1 aromatic carbocycles. The fraction of sp³-hybridized carbons (Fsp3) is 0.381. The second-order valence-electron chi connectivity index (χ2n) is 6.74. The first-order valence-corrected chi connectivity index (χ1v) is 9.48. The van der Waals surface area contributed by atoms with E-state index in [0.717, 1.165) is 24.3 Å². The first kappa shape index (κ1) is 22.9. The minimum atomic E-state index is 0. The average Bonchev–Trinajstić information content (AvgIpc) is 3.15. The number of aliphatic imine (C=N–C) groups is 1. The van der Waals surface area contributed by atoms with Gasteiger partial charge in [0.2, 0.25) is 5.91 Å². The maximum Gasteiger partial charge on any atom is 0.241 e. The van der Waals surface area contributed by atoms with Crippen molar-refractivity contribution in [1.82, 2.24) is 20.5 Å². The topological polar surface area (TPSA) is 78.9 Å². The van der Waals surface area contributed by atoms with Gasteiger partial charge in [-0.25, -0.2) is 0 Å². The second-order valence-corrected chi connectivity index (χ2v) is 6.74. The summed E-state index contributed by atoms with van der Waals surface area (Å²) >= 11 is 0. The van der Waals surface area contributed by atoms with Crippen LogP contribution in [0.1, 0.15) is 11.3 Å². The number of benzene rings is 1. The number of carbonyl (C=O) groups is 1. The Labute approximate surface area is 189 Å². The average molecular weight is 509 g/mol. The first-order chi connectivity index (χ1) is 13.7. The van der Waals surface area contributed by atoms with Crippen LogP contribution < -0.4 is 15.4 Å². The van der Waals surface area contributed by atoms with Crippen molar-refractivity contribution in [3.05, 3.63) is 59.9 Å². The summed E-state index contributed by atoms with van der Waals surface area (Å²) in [5.74, 6) is 1.54. The minimum absolute atomic E-state index is 0. The van der Waals surface area contributed by atoms with E-state index in [1.54, 1.807) is 25.2 Å². The fourth-order valence-electron chi connectivity index (χ4n) is 3.05. The number of hydrogen-bond acceptors (Lipinski definition) is 4. The molecule has 2 N–H and O–H groups in total. The van der Waals surface area contributed by atoms with Crippen LogP contribution in [-0.2, 0) is 17.6 Å². The quantitative estimate of drug-likeness (QED) is 0.339. The third-order valence-electron chi connectivity index (χ3n) is 4.70. The zero-order chi connectivity index (χ0) is 19.8. The molecule has 8 heteroatoms. The van der Waals surface area contributed by atoms with Crippen LogP contribution in [0.3, 0.4) is 0 Å². The van der Waals surface area contributed by atoms with Crippen LogP contribution in [0.2, 0.25) is 0 Å². The highest BCUT2D eigenvalue weighted by Gasteiger charge is 2.22. The molecule has 0 spiro atoms. The lowest BCUT2D eigenvalue weighted by Gasteiger charge is -2.19. The Hall–Kier alpha value is -2.36. The molecule has 0 bridgehead atoms. The van der Waals surface area contributed by atoms with Crippen molar-refractivity contribution in [3.8, 4) is 5.75 Å². The van der Waals surface area contributed by atoms with Crippen molar-refractivity contribution < 1.29 is 9.53 Å². The lowest BCUT2D eigenvalue weighted by Crippen LogP contribution is -2.46. The Morgan fingerprint density at radius 3 is 2.76 bits per heavy atom. The highest BCUT2D eigenvalue weighted by Crippen LogP contribution is 2.27. The monoisotopic (exact) mass is 509 g/mol. The third-order valence-corrected chi connectivity index (χ3v) is 4.70. The number of hydrogen-bond donors (Lipinski definition) is 2. The van der Waals surface area contributed by atoms with E-state index in [9.17, 15) is 4.79 Å². The number of fused-ring (bicyclic) bond motifs is 1. The summed E-state index contributed by atoms with van der Waals surface area (Å²) in [6.45, 7) is 1.43. The maximum absolute atomic E-state index is 12.3. The molecule has 2 aromatic rings. The number of aromatic nitrogens is 1. The molecule has 2 heterocycles. The molecule has 1 aliphatic rings. The van der Waals surface area contributed by atoms with E-state index in [0.29, 0.717) is 19.0 Å². The molecule has 156 valence electrons. The number of rotatable bonds is 7. The van der Waals surface area contributed by atoms with Crippen molar-refractivity contribution in [2.45, 2.75) is 18.9 Å². The van der Waals surface area contributed by atoms with Crippen molar-refractivity contribution >= 4 is 35.8 Å². The Morgan fingerprint density at radius 2 is 2.03 bits per heavy atom. The molecule has 0 radical (unpaired) electrons. The van der Waals surface area contributed by atoms with E-state index in [1.807, 2.05) is 36.4 Å². The molecule has 0 saturated carbocycles. The lowest BCUT2D eigenvalue weighted by molar-refractivity contribution is -0.128. The molecule has 29 heavy (non-hydrogen) atoms. The van der Waals surface area contributed by atoms with Gasteiger partial charge in [0.15, 0.2) is 5.96 Å². The molecule has 1 atom stereocenters. The smallest absolute Gasteiger partial charge is 0.241 e. The van der Waals surface area contributed by atoms with Crippen molar-refractivity contribution in [2.75, 3.05) is 33.7 Å². The number of amides is 1. The summed E-state index contributed by atoms with van der Waals surface area (Å²) in [5, 5.41) is 6.30. The molecule has 0 saturated heterocycles. The largest absolute Gasteiger partial charge is 0.488 e. The van der Waals surface area contributed by atoms with Crippen LogP contribution >= 0.6 is 24.0 Å². The van der Waals surface area contributed by atoms with Crippen LogP contribution in [0.25, 0.3) is 0 Å². The molecule has 1 aromatic heterocycles. The van der Waals surface area contributed by atoms with Gasteiger partial charge in [-0.3, -0.25) is 14.8 Å². The van der Waals surface area contributed by atoms with E-state index < -0.39 is 0 Å². The zero-order valence-corrected chi connectivity index (χ0v) is 19.1. The van der Waals surface area contributed by atoms with Gasteiger partial charge in [0.25, 0.3) is 0 Å². The van der Waals surface area contributed by atoms with Crippen LogP contribution in [-0.4, -0.2) is 61.6 Å². The van der Waals surface area contributed by atoms with E-state index in [4.69, 9.17) is 4.74 Å². The SMILES string of the molecule is CN=C(NCC(=O)N(C)CCc1ccccn1)NCC1Cc2ccccc2O1.I. The molecule has 3 rings (SSSR count). The molecule has 0 aliphatic carbocycles. The van der Waals surface area contributed by atoms with Gasteiger partial charge >= 0.3 is 0 Å². The van der Waals surface area contributed by atoms with Crippen molar-refractivity contribution in [3.63, 3.8) is 0 Å². The zero-order valence-electron chi connectivity index (χ0n) is 16.8. The van der Waals surface area contributed by atoms with Gasteiger partial charge in [0.1, 0.15) is 11.9 Å². The summed E-state index contributed by atoms with van der Waals surface area (Å²) in [5.41, 5.74) is 2.20. The second kappa shape index (κ2) is 11.6. The summed E-state index contributed by atoms with van der Waals surface area (Å²) in [4.78, 5) is 22.5. The van der Waals surface area contributed by atoms with Gasteiger partial charge in [-0.1, -0.05) is 24.3 Å². The van der Waals surface area contributed by atoms with E-state index in [2.05, 4.69) is 26.7 Å². The predicted octanol–water partition coefficient (Wildman–Crippen LogP) is 1.87. The summed E-state index contributed by atoms with van der Waals surface area (Å²) in [6, 6.07) is 13.9. The number of para-hydroxylation sites is 1. The number of ether oxygens (including phenoxy) is 1. The summed E-state index contributed by atoms with van der Waals surface area (Å²) < 4.78 is 5.91. The Bertz CT molecular complexity index is 791. The van der Waals surface area contributed by atoms with Crippen molar-refractivity contribution in [2.24, 2.45) is 4.99 Å². The van der Waals surface area contributed by atoms with Crippen LogP contribution in [0.15, 0.2) is 53.7 Å². The molecule has 1 unspecified atom stereocenters. The standard InChI is InChI=1S/C21H27N5O2.HI/c1-22-21(24-14-18-13-16-7-3-4-9-19(16)28-18)25-15-20(27)26(2)12-10-17-8-5-6-11-23-17;/h3-9,11,18H,10,12-15H2,1-2H3,(H2,22,24,25);1H. The number of carbonyl (C=O) groups excluding carboxylic acids is 1. The minimum Gasteiger partial charge on any atom is -0.488 e. The maximum atomic E-state index is 12.3. The van der Waals surface area contributed by atoms with Gasteiger partial charge in [-0.2, -0.15) is 0 Å². The number of nitrogens with one attached hydrogen (secondary N) is 2. The number of guanidine groups is 1. The van der Waals surface area contributed by atoms with Gasteiger partial charge in [-0.05, 0) is 23.8 Å². The third kappa shape index (κ3) is 6.88. The number of pyridine rings is 1. The summed E-state index contributed by atoms with van der Waals surface area (Å²) in [6.07, 6.45) is 3.43. The van der Waals surface area contributed by atoms with E-state index in [-0.39, 0.29) is 42.5 Å². The number of likely N-dealkylation sites (N-methyl/N-ethyl adjacent to an activating group) is 1. The van der Waals surface area contributed by atoms with Crippen LogP contribution in [0.4, 0.5) is 0 Å². The lowest BCUT2D eigenvalue weighted by atomic mass is 10.1. The highest BCUT2D eigenvalue weighted by atomic mass is 127. The Morgan fingerprint density at radius 1 is 1.24 bits per heavy atom. The van der Waals surface area contributed by atoms with Gasteiger partial charge < -0.3 is 20.3 Å². The predicted molar refractivity (Wildman–Crippen MR) is 125 cm³/mol. The molecular formula is C21H28IN5O2. The molecule has 1 aliphatic heterocycles.